The molecule has 3 unspecified atom stereocenters. The number of rotatable bonds is 2. The maximum Gasteiger partial charge on any atom is 0.318 e. The molecule has 0 spiro atoms. The number of aliphatic carboxylic acids is 1. The van der Waals surface area contributed by atoms with E-state index in [1.165, 1.54) is 0 Å². The molecule has 0 aromatic rings. The molecule has 1 aliphatic carbocycles. The SMILES string of the molecule is CC1COCCN1C(=O)NC1CCCCC1C(=O)O. The van der Waals surface area contributed by atoms with E-state index in [9.17, 15) is 14.7 Å². The van der Waals surface area contributed by atoms with Crippen LogP contribution >= 0.6 is 0 Å². The Balaban J connectivity index is 1.94. The molecule has 2 N–H and O–H groups in total. The molecule has 0 aromatic carbocycles. The van der Waals surface area contributed by atoms with Crippen LogP contribution in [-0.4, -0.2) is 53.8 Å². The molecule has 0 aromatic heterocycles. The standard InChI is InChI=1S/C13H22N2O4/c1-9-8-19-7-6-15(9)13(18)14-11-5-3-2-4-10(11)12(16)17/h9-11H,2-8H2,1H3,(H,14,18)(H,16,17). The Kier molecular flexibility index (Phi) is 4.63. The second-order valence-electron chi connectivity index (χ2n) is 5.40. The molecule has 1 heterocycles. The number of amides is 2. The van der Waals surface area contributed by atoms with E-state index in [1.54, 1.807) is 4.90 Å². The molecule has 0 radical (unpaired) electrons. The van der Waals surface area contributed by atoms with Gasteiger partial charge in [-0.25, -0.2) is 4.79 Å². The minimum atomic E-state index is -0.806. The van der Waals surface area contributed by atoms with Crippen LogP contribution in [0.2, 0.25) is 0 Å². The molecule has 2 fully saturated rings. The van der Waals surface area contributed by atoms with Gasteiger partial charge in [0.1, 0.15) is 0 Å². The molecule has 1 saturated carbocycles. The quantitative estimate of drug-likeness (QED) is 0.786. The summed E-state index contributed by atoms with van der Waals surface area (Å²) < 4.78 is 5.30. The summed E-state index contributed by atoms with van der Waals surface area (Å²) in [5.74, 6) is -1.26. The molecular weight excluding hydrogens is 248 g/mol. The van der Waals surface area contributed by atoms with Crippen molar-refractivity contribution in [1.82, 2.24) is 10.2 Å². The molecule has 1 saturated heterocycles. The molecule has 6 heteroatoms. The highest BCUT2D eigenvalue weighted by Crippen LogP contribution is 2.25. The number of carboxylic acids is 1. The molecule has 2 amide bonds. The monoisotopic (exact) mass is 270 g/mol. The zero-order chi connectivity index (χ0) is 13.8. The van der Waals surface area contributed by atoms with Gasteiger partial charge in [0, 0.05) is 12.6 Å². The Bertz CT molecular complexity index is 348. The van der Waals surface area contributed by atoms with Crippen LogP contribution in [0.25, 0.3) is 0 Å². The average molecular weight is 270 g/mol. The summed E-state index contributed by atoms with van der Waals surface area (Å²) in [6.45, 7) is 3.59. The second-order valence-corrected chi connectivity index (χ2v) is 5.40. The summed E-state index contributed by atoms with van der Waals surface area (Å²) in [5.41, 5.74) is 0. The Hall–Kier alpha value is -1.30. The van der Waals surface area contributed by atoms with Gasteiger partial charge in [0.15, 0.2) is 0 Å². The van der Waals surface area contributed by atoms with Gasteiger partial charge >= 0.3 is 12.0 Å². The fraction of sp³-hybridized carbons (Fsp3) is 0.846. The first-order valence-corrected chi connectivity index (χ1v) is 6.97. The predicted octanol–water partition coefficient (Wildman–Crippen LogP) is 1.06. The Morgan fingerprint density at radius 1 is 1.32 bits per heavy atom. The normalized spacial score (nSPS) is 31.8. The number of nitrogens with zero attached hydrogens (tertiary/aromatic N) is 1. The number of carbonyl (C=O) groups excluding carboxylic acids is 1. The average Bonchev–Trinajstić information content (AvgIpc) is 2.39. The summed E-state index contributed by atoms with van der Waals surface area (Å²) in [6.07, 6.45) is 3.31. The minimum Gasteiger partial charge on any atom is -0.481 e. The van der Waals surface area contributed by atoms with Crippen LogP contribution in [0, 0.1) is 5.92 Å². The van der Waals surface area contributed by atoms with E-state index >= 15 is 0 Å². The van der Waals surface area contributed by atoms with E-state index in [2.05, 4.69) is 5.32 Å². The van der Waals surface area contributed by atoms with Crippen molar-refractivity contribution in [2.24, 2.45) is 5.92 Å². The van der Waals surface area contributed by atoms with Crippen molar-refractivity contribution in [3.63, 3.8) is 0 Å². The van der Waals surface area contributed by atoms with E-state index in [0.717, 1.165) is 19.3 Å². The highest BCUT2D eigenvalue weighted by atomic mass is 16.5. The molecule has 108 valence electrons. The van der Waals surface area contributed by atoms with E-state index < -0.39 is 11.9 Å². The van der Waals surface area contributed by atoms with Gasteiger partial charge < -0.3 is 20.1 Å². The highest BCUT2D eigenvalue weighted by molar-refractivity contribution is 5.77. The lowest BCUT2D eigenvalue weighted by atomic mass is 9.84. The van der Waals surface area contributed by atoms with Crippen molar-refractivity contribution in [3.05, 3.63) is 0 Å². The molecule has 2 rings (SSSR count). The molecule has 19 heavy (non-hydrogen) atoms. The Labute approximate surface area is 113 Å². The summed E-state index contributed by atoms with van der Waals surface area (Å²) >= 11 is 0. The third kappa shape index (κ3) is 3.37. The van der Waals surface area contributed by atoms with Gasteiger partial charge in [-0.3, -0.25) is 4.79 Å². The zero-order valence-electron chi connectivity index (χ0n) is 11.3. The first-order chi connectivity index (χ1) is 9.09. The number of hydrogen-bond acceptors (Lipinski definition) is 3. The van der Waals surface area contributed by atoms with Crippen LogP contribution in [0.1, 0.15) is 32.6 Å². The molecule has 3 atom stereocenters. The van der Waals surface area contributed by atoms with Crippen molar-refractivity contribution in [1.29, 1.82) is 0 Å². The third-order valence-corrected chi connectivity index (χ3v) is 4.02. The summed E-state index contributed by atoms with van der Waals surface area (Å²) in [7, 11) is 0. The first kappa shape index (κ1) is 14.1. The summed E-state index contributed by atoms with van der Waals surface area (Å²) in [4.78, 5) is 25.1. The van der Waals surface area contributed by atoms with Gasteiger partial charge in [-0.15, -0.1) is 0 Å². The van der Waals surface area contributed by atoms with Gasteiger partial charge in [0.05, 0.1) is 25.2 Å². The topological polar surface area (TPSA) is 78.9 Å². The van der Waals surface area contributed by atoms with E-state index in [1.807, 2.05) is 6.92 Å². The Morgan fingerprint density at radius 3 is 2.74 bits per heavy atom. The molecular formula is C13H22N2O4. The fourth-order valence-corrected chi connectivity index (χ4v) is 2.87. The number of nitrogens with one attached hydrogen (secondary N) is 1. The third-order valence-electron chi connectivity index (χ3n) is 4.02. The van der Waals surface area contributed by atoms with Gasteiger partial charge in [0.25, 0.3) is 0 Å². The van der Waals surface area contributed by atoms with Crippen LogP contribution < -0.4 is 5.32 Å². The summed E-state index contributed by atoms with van der Waals surface area (Å²) in [6, 6.07) is -0.358. The first-order valence-electron chi connectivity index (χ1n) is 6.97. The zero-order valence-corrected chi connectivity index (χ0v) is 11.3. The van der Waals surface area contributed by atoms with E-state index in [-0.39, 0.29) is 18.1 Å². The van der Waals surface area contributed by atoms with Gasteiger partial charge in [-0.1, -0.05) is 12.8 Å². The fourth-order valence-electron chi connectivity index (χ4n) is 2.87. The van der Waals surface area contributed by atoms with Crippen LogP contribution in [0.5, 0.6) is 0 Å². The van der Waals surface area contributed by atoms with Crippen LogP contribution in [0.15, 0.2) is 0 Å². The number of carbonyl (C=O) groups is 2. The maximum absolute atomic E-state index is 12.2. The second kappa shape index (κ2) is 6.23. The number of carboxylic acid groups (broad SMARTS) is 1. The molecule has 0 bridgehead atoms. The molecule has 6 nitrogen and oxygen atoms in total. The Morgan fingerprint density at radius 2 is 2.05 bits per heavy atom. The lowest BCUT2D eigenvalue weighted by Gasteiger charge is -2.36. The summed E-state index contributed by atoms with van der Waals surface area (Å²) in [5, 5.41) is 12.1. The smallest absolute Gasteiger partial charge is 0.318 e. The maximum atomic E-state index is 12.2. The van der Waals surface area contributed by atoms with Crippen molar-refractivity contribution < 1.29 is 19.4 Å². The van der Waals surface area contributed by atoms with Crippen LogP contribution in [0.4, 0.5) is 4.79 Å². The largest absolute Gasteiger partial charge is 0.481 e. The lowest BCUT2D eigenvalue weighted by molar-refractivity contribution is -0.143. The number of urea groups is 1. The van der Waals surface area contributed by atoms with Crippen LogP contribution in [0.3, 0.4) is 0 Å². The minimum absolute atomic E-state index is 0.0422. The van der Waals surface area contributed by atoms with Crippen molar-refractivity contribution in [2.45, 2.75) is 44.7 Å². The van der Waals surface area contributed by atoms with Crippen molar-refractivity contribution >= 4 is 12.0 Å². The number of hydrogen-bond donors (Lipinski definition) is 2. The lowest BCUT2D eigenvalue weighted by Crippen LogP contribution is -2.55. The van der Waals surface area contributed by atoms with Gasteiger partial charge in [0.2, 0.25) is 0 Å². The van der Waals surface area contributed by atoms with E-state index in [0.29, 0.717) is 26.2 Å². The van der Waals surface area contributed by atoms with Crippen LogP contribution in [-0.2, 0) is 9.53 Å². The van der Waals surface area contributed by atoms with E-state index in [4.69, 9.17) is 4.74 Å². The molecule has 1 aliphatic heterocycles. The van der Waals surface area contributed by atoms with Gasteiger partial charge in [-0.05, 0) is 19.8 Å². The molecule has 2 aliphatic rings. The van der Waals surface area contributed by atoms with Crippen molar-refractivity contribution in [2.75, 3.05) is 19.8 Å². The predicted molar refractivity (Wildman–Crippen MR) is 68.9 cm³/mol. The van der Waals surface area contributed by atoms with Crippen molar-refractivity contribution in [3.8, 4) is 0 Å². The highest BCUT2D eigenvalue weighted by Gasteiger charge is 2.34. The van der Waals surface area contributed by atoms with Gasteiger partial charge in [-0.2, -0.15) is 0 Å². The number of ether oxygens (including phenoxy) is 1. The number of morpholine rings is 1.